The highest BCUT2D eigenvalue weighted by molar-refractivity contribution is 5.20. The third-order valence-electron chi connectivity index (χ3n) is 3.83. The lowest BCUT2D eigenvalue weighted by Gasteiger charge is -2.28. The molecule has 0 radical (unpaired) electrons. The summed E-state index contributed by atoms with van der Waals surface area (Å²) in [6.45, 7) is 10.3. The van der Waals surface area contributed by atoms with E-state index in [9.17, 15) is 0 Å². The molecule has 0 heterocycles. The fraction of sp³-hybridized carbons (Fsp3) is 0.647. The van der Waals surface area contributed by atoms with Crippen molar-refractivity contribution in [2.24, 2.45) is 5.92 Å². The van der Waals surface area contributed by atoms with Gasteiger partial charge in [0, 0.05) is 6.04 Å². The van der Waals surface area contributed by atoms with Gasteiger partial charge in [0.05, 0.1) is 0 Å². The van der Waals surface area contributed by atoms with Crippen LogP contribution in [0.5, 0.6) is 0 Å². The number of hydrogen-bond donors (Lipinski definition) is 1. The molecule has 1 aromatic rings. The van der Waals surface area contributed by atoms with Crippen molar-refractivity contribution in [3.63, 3.8) is 0 Å². The molecule has 1 heteroatoms. The van der Waals surface area contributed by atoms with Gasteiger partial charge in [-0.3, -0.25) is 0 Å². The maximum Gasteiger partial charge on any atom is 0.0135 e. The van der Waals surface area contributed by atoms with Gasteiger partial charge in [0.1, 0.15) is 0 Å². The number of rotatable bonds is 8. The molecule has 3 unspecified atom stereocenters. The molecular weight excluding hydrogens is 218 g/mol. The van der Waals surface area contributed by atoms with Crippen molar-refractivity contribution in [1.82, 2.24) is 5.32 Å². The SMILES string of the molecule is CCCC(C)CC(NCC)C(C)c1ccccc1. The minimum absolute atomic E-state index is 0.588. The largest absolute Gasteiger partial charge is 0.314 e. The quantitative estimate of drug-likeness (QED) is 0.708. The Morgan fingerprint density at radius 2 is 1.72 bits per heavy atom. The number of hydrogen-bond acceptors (Lipinski definition) is 1. The van der Waals surface area contributed by atoms with Crippen LogP contribution in [-0.4, -0.2) is 12.6 Å². The lowest BCUT2D eigenvalue weighted by molar-refractivity contribution is 0.354. The molecule has 0 fully saturated rings. The first-order valence-corrected chi connectivity index (χ1v) is 7.47. The third kappa shape index (κ3) is 4.81. The van der Waals surface area contributed by atoms with Crippen molar-refractivity contribution in [1.29, 1.82) is 0 Å². The molecule has 18 heavy (non-hydrogen) atoms. The molecule has 102 valence electrons. The monoisotopic (exact) mass is 247 g/mol. The Bertz CT molecular complexity index is 307. The zero-order chi connectivity index (χ0) is 13.4. The standard InChI is InChI=1S/C17H29N/c1-5-10-14(3)13-17(18-6-2)15(4)16-11-8-7-9-12-16/h7-9,11-12,14-15,17-18H,5-6,10,13H2,1-4H3. The Morgan fingerprint density at radius 1 is 1.06 bits per heavy atom. The van der Waals surface area contributed by atoms with E-state index in [1.807, 2.05) is 0 Å². The van der Waals surface area contributed by atoms with Crippen LogP contribution >= 0.6 is 0 Å². The van der Waals surface area contributed by atoms with Crippen LogP contribution in [-0.2, 0) is 0 Å². The van der Waals surface area contributed by atoms with Crippen LogP contribution in [0, 0.1) is 5.92 Å². The molecule has 0 aliphatic carbocycles. The van der Waals surface area contributed by atoms with Crippen LogP contribution < -0.4 is 5.32 Å². The van der Waals surface area contributed by atoms with E-state index < -0.39 is 0 Å². The first-order valence-electron chi connectivity index (χ1n) is 7.47. The summed E-state index contributed by atoms with van der Waals surface area (Å²) in [5.41, 5.74) is 1.45. The zero-order valence-corrected chi connectivity index (χ0v) is 12.4. The lowest BCUT2D eigenvalue weighted by atomic mass is 9.86. The molecule has 0 bridgehead atoms. The molecule has 1 N–H and O–H groups in total. The van der Waals surface area contributed by atoms with Gasteiger partial charge in [-0.1, -0.05) is 70.9 Å². The smallest absolute Gasteiger partial charge is 0.0135 e. The molecule has 0 aliphatic heterocycles. The molecule has 0 saturated heterocycles. The van der Waals surface area contributed by atoms with Gasteiger partial charge in [-0.05, 0) is 30.4 Å². The highest BCUT2D eigenvalue weighted by Crippen LogP contribution is 2.25. The Hall–Kier alpha value is -0.820. The highest BCUT2D eigenvalue weighted by Gasteiger charge is 2.19. The summed E-state index contributed by atoms with van der Waals surface area (Å²) in [5.74, 6) is 1.40. The van der Waals surface area contributed by atoms with Gasteiger partial charge >= 0.3 is 0 Å². The van der Waals surface area contributed by atoms with Crippen LogP contribution in [0.15, 0.2) is 30.3 Å². The lowest BCUT2D eigenvalue weighted by Crippen LogP contribution is -2.35. The topological polar surface area (TPSA) is 12.0 Å². The summed E-state index contributed by atoms with van der Waals surface area (Å²) in [7, 11) is 0. The summed E-state index contributed by atoms with van der Waals surface area (Å²) in [5, 5.41) is 3.67. The maximum absolute atomic E-state index is 3.67. The Kier molecular flexibility index (Phi) is 7.04. The van der Waals surface area contributed by atoms with Gasteiger partial charge in [-0.25, -0.2) is 0 Å². The highest BCUT2D eigenvalue weighted by atomic mass is 14.9. The summed E-state index contributed by atoms with van der Waals surface area (Å²) >= 11 is 0. The van der Waals surface area contributed by atoms with Crippen molar-refractivity contribution in [3.05, 3.63) is 35.9 Å². The summed E-state index contributed by atoms with van der Waals surface area (Å²) in [6.07, 6.45) is 3.90. The molecular formula is C17H29N. The normalized spacial score (nSPS) is 16.2. The second kappa shape index (κ2) is 8.31. The van der Waals surface area contributed by atoms with Crippen LogP contribution in [0.1, 0.15) is 58.4 Å². The average molecular weight is 247 g/mol. The van der Waals surface area contributed by atoms with Crippen molar-refractivity contribution in [2.75, 3.05) is 6.54 Å². The van der Waals surface area contributed by atoms with Crippen molar-refractivity contribution >= 4 is 0 Å². The molecule has 1 aromatic carbocycles. The predicted molar refractivity (Wildman–Crippen MR) is 81.0 cm³/mol. The van der Waals surface area contributed by atoms with E-state index in [4.69, 9.17) is 0 Å². The van der Waals surface area contributed by atoms with E-state index in [2.05, 4.69) is 63.3 Å². The minimum atomic E-state index is 0.588. The van der Waals surface area contributed by atoms with Crippen LogP contribution in [0.3, 0.4) is 0 Å². The fourth-order valence-corrected chi connectivity index (χ4v) is 2.76. The molecule has 1 nitrogen and oxygen atoms in total. The van der Waals surface area contributed by atoms with E-state index in [1.165, 1.54) is 24.8 Å². The molecule has 1 rings (SSSR count). The Morgan fingerprint density at radius 3 is 2.28 bits per heavy atom. The van der Waals surface area contributed by atoms with E-state index in [1.54, 1.807) is 0 Å². The van der Waals surface area contributed by atoms with Gasteiger partial charge in [0.25, 0.3) is 0 Å². The Labute approximate surface area is 113 Å². The zero-order valence-electron chi connectivity index (χ0n) is 12.4. The number of likely N-dealkylation sites (N-methyl/N-ethyl adjacent to an activating group) is 1. The summed E-state index contributed by atoms with van der Waals surface area (Å²) < 4.78 is 0. The average Bonchev–Trinajstić information content (AvgIpc) is 2.39. The first kappa shape index (κ1) is 15.2. The summed E-state index contributed by atoms with van der Waals surface area (Å²) in [4.78, 5) is 0. The summed E-state index contributed by atoms with van der Waals surface area (Å²) in [6, 6.07) is 11.5. The Balaban J connectivity index is 2.66. The molecule has 0 spiro atoms. The van der Waals surface area contributed by atoms with E-state index >= 15 is 0 Å². The van der Waals surface area contributed by atoms with Crippen molar-refractivity contribution in [3.8, 4) is 0 Å². The molecule has 0 aliphatic rings. The van der Waals surface area contributed by atoms with Crippen LogP contribution in [0.25, 0.3) is 0 Å². The molecule has 0 aromatic heterocycles. The van der Waals surface area contributed by atoms with E-state index in [0.29, 0.717) is 12.0 Å². The number of benzene rings is 1. The first-order chi connectivity index (χ1) is 8.69. The van der Waals surface area contributed by atoms with Crippen molar-refractivity contribution < 1.29 is 0 Å². The molecule has 0 amide bonds. The van der Waals surface area contributed by atoms with E-state index in [0.717, 1.165) is 12.5 Å². The van der Waals surface area contributed by atoms with Gasteiger partial charge in [-0.2, -0.15) is 0 Å². The number of nitrogens with one attached hydrogen (secondary N) is 1. The van der Waals surface area contributed by atoms with Crippen LogP contribution in [0.2, 0.25) is 0 Å². The van der Waals surface area contributed by atoms with Gasteiger partial charge < -0.3 is 5.32 Å². The molecule has 3 atom stereocenters. The van der Waals surface area contributed by atoms with Crippen molar-refractivity contribution in [2.45, 2.75) is 58.9 Å². The third-order valence-corrected chi connectivity index (χ3v) is 3.83. The van der Waals surface area contributed by atoms with Crippen LogP contribution in [0.4, 0.5) is 0 Å². The second-order valence-electron chi connectivity index (χ2n) is 5.49. The fourth-order valence-electron chi connectivity index (χ4n) is 2.76. The van der Waals surface area contributed by atoms with Gasteiger partial charge in [0.2, 0.25) is 0 Å². The van der Waals surface area contributed by atoms with E-state index in [-0.39, 0.29) is 0 Å². The van der Waals surface area contributed by atoms with Gasteiger partial charge in [0.15, 0.2) is 0 Å². The minimum Gasteiger partial charge on any atom is -0.314 e. The molecule has 0 saturated carbocycles. The van der Waals surface area contributed by atoms with Gasteiger partial charge in [-0.15, -0.1) is 0 Å². The predicted octanol–water partition coefficient (Wildman–Crippen LogP) is 4.59. The maximum atomic E-state index is 3.67. The second-order valence-corrected chi connectivity index (χ2v) is 5.49.